The van der Waals surface area contributed by atoms with Crippen molar-refractivity contribution in [1.29, 1.82) is 0 Å². The first-order valence-corrected chi connectivity index (χ1v) is 7.60. The van der Waals surface area contributed by atoms with E-state index in [0.717, 1.165) is 5.39 Å². The Hall–Kier alpha value is -3.16. The SMILES string of the molecule is [NH]C(=O)C1CCCN1C(=O)c1ccc(-c2ncnc3[nH]ccc23)o1. The summed E-state index contributed by atoms with van der Waals surface area (Å²) < 4.78 is 5.68. The molecule has 0 saturated carbocycles. The summed E-state index contributed by atoms with van der Waals surface area (Å²) in [6.45, 7) is 0.458. The number of rotatable bonds is 3. The van der Waals surface area contributed by atoms with Crippen molar-refractivity contribution < 1.29 is 14.0 Å². The smallest absolute Gasteiger partial charge is 0.290 e. The third kappa shape index (κ3) is 2.23. The first-order chi connectivity index (χ1) is 11.6. The fraction of sp³-hybridized carbons (Fsp3) is 0.250. The fourth-order valence-corrected chi connectivity index (χ4v) is 3.07. The summed E-state index contributed by atoms with van der Waals surface area (Å²) in [7, 11) is 0. The molecule has 0 bridgehead atoms. The van der Waals surface area contributed by atoms with Crippen molar-refractivity contribution in [2.45, 2.75) is 18.9 Å². The predicted octanol–water partition coefficient (Wildman–Crippen LogP) is 1.63. The van der Waals surface area contributed by atoms with Crippen LogP contribution in [0.15, 0.2) is 35.1 Å². The largest absolute Gasteiger partial charge is 0.449 e. The Balaban J connectivity index is 1.67. The summed E-state index contributed by atoms with van der Waals surface area (Å²) >= 11 is 0. The van der Waals surface area contributed by atoms with E-state index in [-0.39, 0.29) is 11.7 Å². The molecule has 3 aromatic heterocycles. The summed E-state index contributed by atoms with van der Waals surface area (Å²) in [5.74, 6) is -0.514. The minimum Gasteiger partial charge on any atom is -0.449 e. The maximum atomic E-state index is 12.6. The Morgan fingerprint density at radius 2 is 2.17 bits per heavy atom. The van der Waals surface area contributed by atoms with Gasteiger partial charge in [-0.1, -0.05) is 0 Å². The molecular weight excluding hydrogens is 310 g/mol. The maximum Gasteiger partial charge on any atom is 0.290 e. The van der Waals surface area contributed by atoms with Crippen LogP contribution in [0.3, 0.4) is 0 Å². The van der Waals surface area contributed by atoms with Crippen LogP contribution in [0.2, 0.25) is 0 Å². The van der Waals surface area contributed by atoms with Crippen molar-refractivity contribution in [1.82, 2.24) is 25.6 Å². The van der Waals surface area contributed by atoms with Gasteiger partial charge in [-0.3, -0.25) is 15.3 Å². The number of nitrogens with one attached hydrogen (secondary N) is 2. The molecule has 0 aromatic carbocycles. The average Bonchev–Trinajstić information content (AvgIpc) is 3.31. The topological polar surface area (TPSA) is 116 Å². The van der Waals surface area contributed by atoms with Crippen LogP contribution in [0.4, 0.5) is 0 Å². The van der Waals surface area contributed by atoms with Crippen LogP contribution in [0.5, 0.6) is 0 Å². The van der Waals surface area contributed by atoms with Crippen LogP contribution in [0.25, 0.3) is 22.5 Å². The van der Waals surface area contributed by atoms with Crippen molar-refractivity contribution in [3.63, 3.8) is 0 Å². The summed E-state index contributed by atoms with van der Waals surface area (Å²) in [6.07, 6.45) is 4.42. The van der Waals surface area contributed by atoms with Gasteiger partial charge in [0.05, 0.1) is 0 Å². The molecule has 1 aliphatic rings. The molecule has 1 saturated heterocycles. The quantitative estimate of drug-likeness (QED) is 0.786. The molecule has 1 aliphatic heterocycles. The molecule has 1 atom stereocenters. The fourth-order valence-electron chi connectivity index (χ4n) is 3.07. The molecule has 1 fully saturated rings. The van der Waals surface area contributed by atoms with E-state index in [2.05, 4.69) is 15.0 Å². The minimum absolute atomic E-state index is 0.139. The zero-order valence-electron chi connectivity index (χ0n) is 12.7. The van der Waals surface area contributed by atoms with Gasteiger partial charge in [-0.25, -0.2) is 9.97 Å². The highest BCUT2D eigenvalue weighted by atomic mass is 16.4. The lowest BCUT2D eigenvalue weighted by atomic mass is 10.2. The first kappa shape index (κ1) is 14.4. The highest BCUT2D eigenvalue weighted by Gasteiger charge is 2.34. The molecule has 3 aromatic rings. The van der Waals surface area contributed by atoms with Gasteiger partial charge in [0.15, 0.2) is 11.5 Å². The predicted molar refractivity (Wildman–Crippen MR) is 83.8 cm³/mol. The van der Waals surface area contributed by atoms with E-state index in [1.54, 1.807) is 18.3 Å². The summed E-state index contributed by atoms with van der Waals surface area (Å²) in [6, 6.07) is 4.41. The number of furan rings is 1. The standard InChI is InChI=1S/C16H14N5O3/c17-14(22)10-2-1-7-21(10)16(23)12-4-3-11(24-12)13-9-5-6-18-15(9)20-8-19-13/h3-6,8,10,17H,1-2,7H2,(H,18,19,20). The third-order valence-corrected chi connectivity index (χ3v) is 4.22. The van der Waals surface area contributed by atoms with E-state index in [4.69, 9.17) is 10.2 Å². The second-order valence-corrected chi connectivity index (χ2v) is 5.65. The lowest BCUT2D eigenvalue weighted by Gasteiger charge is -2.20. The van der Waals surface area contributed by atoms with E-state index >= 15 is 0 Å². The highest BCUT2D eigenvalue weighted by molar-refractivity contribution is 5.96. The molecule has 24 heavy (non-hydrogen) atoms. The number of carbonyl (C=O) groups is 2. The van der Waals surface area contributed by atoms with Gasteiger partial charge in [0.25, 0.3) is 11.8 Å². The Morgan fingerprint density at radius 1 is 1.29 bits per heavy atom. The number of amides is 2. The van der Waals surface area contributed by atoms with Crippen molar-refractivity contribution in [2.75, 3.05) is 6.54 Å². The van der Waals surface area contributed by atoms with Gasteiger partial charge in [0, 0.05) is 18.1 Å². The molecule has 2 N–H and O–H groups in total. The van der Waals surface area contributed by atoms with Gasteiger partial charge in [-0.15, -0.1) is 0 Å². The zero-order chi connectivity index (χ0) is 16.7. The Kier molecular flexibility index (Phi) is 3.30. The first-order valence-electron chi connectivity index (χ1n) is 7.60. The molecule has 2 amide bonds. The number of H-pyrrole nitrogens is 1. The average molecular weight is 324 g/mol. The van der Waals surface area contributed by atoms with Gasteiger partial charge in [0.1, 0.15) is 23.7 Å². The van der Waals surface area contributed by atoms with Gasteiger partial charge in [-0.05, 0) is 31.0 Å². The summed E-state index contributed by atoms with van der Waals surface area (Å²) in [5, 5.41) is 0.797. The number of hydrogen-bond acceptors (Lipinski definition) is 5. The Bertz CT molecular complexity index is 929. The normalized spacial score (nSPS) is 17.5. The van der Waals surface area contributed by atoms with Crippen LogP contribution in [0, 0.1) is 0 Å². The van der Waals surface area contributed by atoms with Gasteiger partial charge in [-0.2, -0.15) is 0 Å². The number of aromatic amines is 1. The van der Waals surface area contributed by atoms with E-state index in [1.807, 2.05) is 6.07 Å². The van der Waals surface area contributed by atoms with Crippen LogP contribution in [-0.4, -0.2) is 44.3 Å². The Labute approximate surface area is 136 Å². The van der Waals surface area contributed by atoms with Gasteiger partial charge >= 0.3 is 0 Å². The molecule has 4 heterocycles. The van der Waals surface area contributed by atoms with Crippen LogP contribution in [-0.2, 0) is 4.79 Å². The zero-order valence-corrected chi connectivity index (χ0v) is 12.7. The lowest BCUT2D eigenvalue weighted by Crippen LogP contribution is -2.40. The molecular formula is C16H14N5O3. The van der Waals surface area contributed by atoms with E-state index in [9.17, 15) is 9.59 Å². The molecule has 121 valence electrons. The minimum atomic E-state index is -0.738. The van der Waals surface area contributed by atoms with Gasteiger partial charge in [0.2, 0.25) is 0 Å². The lowest BCUT2D eigenvalue weighted by molar-refractivity contribution is -0.122. The number of nitrogens with zero attached hydrogens (tertiary/aromatic N) is 3. The van der Waals surface area contributed by atoms with Crippen LogP contribution < -0.4 is 5.73 Å². The highest BCUT2D eigenvalue weighted by Crippen LogP contribution is 2.28. The number of aromatic nitrogens is 3. The maximum absolute atomic E-state index is 12.6. The van der Waals surface area contributed by atoms with Crippen LogP contribution >= 0.6 is 0 Å². The molecule has 4 rings (SSSR count). The second-order valence-electron chi connectivity index (χ2n) is 5.65. The van der Waals surface area contributed by atoms with Crippen molar-refractivity contribution in [2.24, 2.45) is 0 Å². The molecule has 1 radical (unpaired) electrons. The van der Waals surface area contributed by atoms with Crippen molar-refractivity contribution in [3.05, 3.63) is 36.5 Å². The number of fused-ring (bicyclic) bond motifs is 1. The molecule has 0 spiro atoms. The number of carbonyl (C=O) groups excluding carboxylic acids is 2. The molecule has 0 aliphatic carbocycles. The van der Waals surface area contributed by atoms with Crippen molar-refractivity contribution >= 4 is 22.8 Å². The van der Waals surface area contributed by atoms with Crippen molar-refractivity contribution in [3.8, 4) is 11.5 Å². The Morgan fingerprint density at radius 3 is 3.00 bits per heavy atom. The molecule has 1 unspecified atom stereocenters. The number of hydrogen-bond donors (Lipinski definition) is 1. The monoisotopic (exact) mass is 324 g/mol. The van der Waals surface area contributed by atoms with E-state index in [0.29, 0.717) is 36.5 Å². The summed E-state index contributed by atoms with van der Waals surface area (Å²) in [4.78, 5) is 36.7. The third-order valence-electron chi connectivity index (χ3n) is 4.22. The molecule has 8 nitrogen and oxygen atoms in total. The van der Waals surface area contributed by atoms with E-state index < -0.39 is 11.9 Å². The summed E-state index contributed by atoms with van der Waals surface area (Å²) in [5.41, 5.74) is 8.57. The van der Waals surface area contributed by atoms with Crippen LogP contribution in [0.1, 0.15) is 23.4 Å². The second kappa shape index (κ2) is 5.48. The molecule has 8 heteroatoms. The number of likely N-dealkylation sites (tertiary alicyclic amines) is 1. The van der Waals surface area contributed by atoms with E-state index in [1.165, 1.54) is 11.2 Å². The van der Waals surface area contributed by atoms with Gasteiger partial charge < -0.3 is 14.3 Å².